The second-order valence-corrected chi connectivity index (χ2v) is 8.39. The Balaban J connectivity index is 1.73. The van der Waals surface area contributed by atoms with E-state index < -0.39 is 0 Å². The fraction of sp³-hybridized carbons (Fsp3) is 0.160. The number of nitrogens with zero attached hydrogens (tertiary/aromatic N) is 2. The van der Waals surface area contributed by atoms with Crippen LogP contribution in [0.15, 0.2) is 70.5 Å². The molecule has 2 aromatic carbocycles. The van der Waals surface area contributed by atoms with Crippen molar-refractivity contribution in [3.8, 4) is 11.3 Å². The zero-order chi connectivity index (χ0) is 21.1. The van der Waals surface area contributed by atoms with Crippen LogP contribution in [0.5, 0.6) is 0 Å². The normalized spacial score (nSPS) is 11.5. The van der Waals surface area contributed by atoms with Crippen molar-refractivity contribution in [2.45, 2.75) is 26.7 Å². The van der Waals surface area contributed by atoms with Gasteiger partial charge in [-0.15, -0.1) is 0 Å². The lowest BCUT2D eigenvalue weighted by molar-refractivity contribution is 0.0957. The summed E-state index contributed by atoms with van der Waals surface area (Å²) in [5.74, 6) is 0.216. The molecule has 30 heavy (non-hydrogen) atoms. The van der Waals surface area contributed by atoms with Gasteiger partial charge in [0.2, 0.25) is 0 Å². The van der Waals surface area contributed by atoms with E-state index in [0.717, 1.165) is 33.3 Å². The molecule has 1 N–H and O–H groups in total. The quantitative estimate of drug-likeness (QED) is 0.315. The van der Waals surface area contributed by atoms with Crippen LogP contribution in [0.4, 0.5) is 0 Å². The first-order valence-corrected chi connectivity index (χ1v) is 10.8. The van der Waals surface area contributed by atoms with Crippen molar-refractivity contribution < 1.29 is 4.79 Å². The number of aryl methyl sites for hydroxylation is 1. The van der Waals surface area contributed by atoms with Crippen LogP contribution >= 0.6 is 11.3 Å². The highest BCUT2D eigenvalue weighted by Gasteiger charge is 2.14. The number of aromatic nitrogens is 1. The number of hydrogen-bond donors (Lipinski definition) is 1. The average Bonchev–Trinajstić information content (AvgIpc) is 3.26. The lowest BCUT2D eigenvalue weighted by Crippen LogP contribution is -2.18. The molecule has 0 aliphatic rings. The van der Waals surface area contributed by atoms with Gasteiger partial charge in [0, 0.05) is 16.5 Å². The fourth-order valence-corrected chi connectivity index (χ4v) is 3.90. The SMILES string of the molecule is Cc1ccc2nc(-c3ccc(C(C)C)cc3)cc(C(=O)N/N=C/c3ccsc3)c2c1. The molecule has 4 nitrogen and oxygen atoms in total. The van der Waals surface area contributed by atoms with Gasteiger partial charge >= 0.3 is 0 Å². The predicted octanol–water partition coefficient (Wildman–Crippen LogP) is 6.16. The molecule has 0 bridgehead atoms. The summed E-state index contributed by atoms with van der Waals surface area (Å²) in [7, 11) is 0. The largest absolute Gasteiger partial charge is 0.272 e. The number of hydrazone groups is 1. The Bertz CT molecular complexity index is 1210. The standard InChI is InChI=1S/C25H23N3OS/c1-16(2)19-5-7-20(8-6-19)24-13-22(21-12-17(3)4-9-23(21)27-24)25(29)28-26-14-18-10-11-30-15-18/h4-16H,1-3H3,(H,28,29)/b26-14+. The molecule has 0 fully saturated rings. The van der Waals surface area contributed by atoms with Crippen LogP contribution in [-0.2, 0) is 0 Å². The molecule has 2 heterocycles. The van der Waals surface area contributed by atoms with Crippen LogP contribution in [0.2, 0.25) is 0 Å². The van der Waals surface area contributed by atoms with Gasteiger partial charge in [0.25, 0.3) is 5.91 Å². The van der Waals surface area contributed by atoms with E-state index in [1.807, 2.05) is 48.0 Å². The third-order valence-electron chi connectivity index (χ3n) is 5.00. The minimum absolute atomic E-state index is 0.250. The number of carbonyl (C=O) groups is 1. The molecule has 0 unspecified atom stereocenters. The van der Waals surface area contributed by atoms with E-state index >= 15 is 0 Å². The molecule has 0 aliphatic heterocycles. The lowest BCUT2D eigenvalue weighted by atomic mass is 9.99. The maximum absolute atomic E-state index is 13.0. The van der Waals surface area contributed by atoms with Crippen molar-refractivity contribution in [2.75, 3.05) is 0 Å². The molecule has 2 aromatic heterocycles. The summed E-state index contributed by atoms with van der Waals surface area (Å²) < 4.78 is 0. The maximum atomic E-state index is 13.0. The Morgan fingerprint density at radius 2 is 1.90 bits per heavy atom. The highest BCUT2D eigenvalue weighted by Crippen LogP contribution is 2.27. The minimum Gasteiger partial charge on any atom is -0.267 e. The van der Waals surface area contributed by atoms with Crippen LogP contribution in [0.1, 0.15) is 46.8 Å². The summed E-state index contributed by atoms with van der Waals surface area (Å²) in [6.45, 7) is 6.35. The second-order valence-electron chi connectivity index (χ2n) is 7.61. The Labute approximate surface area is 180 Å². The summed E-state index contributed by atoms with van der Waals surface area (Å²) in [5, 5.41) is 8.88. The van der Waals surface area contributed by atoms with Crippen LogP contribution in [0.3, 0.4) is 0 Å². The van der Waals surface area contributed by atoms with E-state index in [-0.39, 0.29) is 5.91 Å². The Kier molecular flexibility index (Phi) is 5.72. The van der Waals surface area contributed by atoms with Gasteiger partial charge in [-0.1, -0.05) is 49.7 Å². The van der Waals surface area contributed by atoms with Crippen molar-refractivity contribution in [1.29, 1.82) is 0 Å². The van der Waals surface area contributed by atoms with E-state index in [1.165, 1.54) is 5.56 Å². The van der Waals surface area contributed by atoms with Crippen LogP contribution in [0.25, 0.3) is 22.2 Å². The van der Waals surface area contributed by atoms with Crippen molar-refractivity contribution in [3.63, 3.8) is 0 Å². The van der Waals surface area contributed by atoms with Crippen molar-refractivity contribution in [1.82, 2.24) is 10.4 Å². The average molecular weight is 414 g/mol. The summed E-state index contributed by atoms with van der Waals surface area (Å²) >= 11 is 1.59. The molecule has 4 aromatic rings. The van der Waals surface area contributed by atoms with Crippen LogP contribution < -0.4 is 5.43 Å². The van der Waals surface area contributed by atoms with Crippen LogP contribution in [-0.4, -0.2) is 17.1 Å². The summed E-state index contributed by atoms with van der Waals surface area (Å²) in [4.78, 5) is 17.8. The summed E-state index contributed by atoms with van der Waals surface area (Å²) in [6.07, 6.45) is 1.65. The molecule has 0 atom stereocenters. The first-order valence-electron chi connectivity index (χ1n) is 9.88. The second kappa shape index (κ2) is 8.59. The molecule has 0 spiro atoms. The van der Waals surface area contributed by atoms with E-state index in [0.29, 0.717) is 11.5 Å². The third-order valence-corrected chi connectivity index (χ3v) is 5.71. The van der Waals surface area contributed by atoms with Gasteiger partial charge in [-0.05, 0) is 53.4 Å². The number of thiophene rings is 1. The van der Waals surface area contributed by atoms with Crippen molar-refractivity contribution in [3.05, 3.63) is 87.6 Å². The van der Waals surface area contributed by atoms with Gasteiger partial charge in [0.05, 0.1) is 23.0 Å². The summed E-state index contributed by atoms with van der Waals surface area (Å²) in [6, 6.07) is 18.1. The number of rotatable bonds is 5. The van der Waals surface area contributed by atoms with E-state index in [9.17, 15) is 4.79 Å². The number of carbonyl (C=O) groups excluding carboxylic acids is 1. The molecule has 5 heteroatoms. The van der Waals surface area contributed by atoms with Crippen LogP contribution in [0, 0.1) is 6.92 Å². The van der Waals surface area contributed by atoms with Gasteiger partial charge in [0.1, 0.15) is 0 Å². The van der Waals surface area contributed by atoms with Gasteiger partial charge in [0.15, 0.2) is 0 Å². The van der Waals surface area contributed by atoms with E-state index in [4.69, 9.17) is 4.98 Å². The summed E-state index contributed by atoms with van der Waals surface area (Å²) in [5.41, 5.74) is 9.08. The Hall–Kier alpha value is -3.31. The van der Waals surface area contributed by atoms with E-state index in [1.54, 1.807) is 17.6 Å². The zero-order valence-electron chi connectivity index (χ0n) is 17.2. The Morgan fingerprint density at radius 3 is 2.60 bits per heavy atom. The Morgan fingerprint density at radius 1 is 1.10 bits per heavy atom. The number of nitrogens with one attached hydrogen (secondary N) is 1. The van der Waals surface area contributed by atoms with Crippen molar-refractivity contribution >= 4 is 34.4 Å². The van der Waals surface area contributed by atoms with Gasteiger partial charge in [-0.2, -0.15) is 16.4 Å². The topological polar surface area (TPSA) is 54.4 Å². The molecule has 0 saturated carbocycles. The van der Waals surface area contributed by atoms with E-state index in [2.05, 4.69) is 48.6 Å². The number of hydrogen-bond acceptors (Lipinski definition) is 4. The highest BCUT2D eigenvalue weighted by molar-refractivity contribution is 7.08. The zero-order valence-corrected chi connectivity index (χ0v) is 18.0. The number of pyridine rings is 1. The van der Waals surface area contributed by atoms with Gasteiger partial charge in [-0.3, -0.25) is 4.79 Å². The lowest BCUT2D eigenvalue weighted by Gasteiger charge is -2.11. The fourth-order valence-electron chi connectivity index (χ4n) is 3.29. The van der Waals surface area contributed by atoms with Gasteiger partial charge < -0.3 is 0 Å². The smallest absolute Gasteiger partial charge is 0.267 e. The number of benzene rings is 2. The van der Waals surface area contributed by atoms with Gasteiger partial charge in [-0.25, -0.2) is 10.4 Å². The first kappa shape index (κ1) is 20.0. The minimum atomic E-state index is -0.250. The highest BCUT2D eigenvalue weighted by atomic mass is 32.1. The third kappa shape index (κ3) is 4.31. The molecule has 4 rings (SSSR count). The predicted molar refractivity (Wildman–Crippen MR) is 125 cm³/mol. The maximum Gasteiger partial charge on any atom is 0.272 e. The molecular formula is C25H23N3OS. The first-order chi connectivity index (χ1) is 14.5. The monoisotopic (exact) mass is 413 g/mol. The molecule has 0 aliphatic carbocycles. The molecule has 1 amide bonds. The van der Waals surface area contributed by atoms with Crippen molar-refractivity contribution in [2.24, 2.45) is 5.10 Å². The molecular weight excluding hydrogens is 390 g/mol. The number of amides is 1. The number of fused-ring (bicyclic) bond motifs is 1. The molecule has 0 radical (unpaired) electrons. The molecule has 150 valence electrons. The molecule has 0 saturated heterocycles.